The van der Waals surface area contributed by atoms with Gasteiger partial charge >= 0.3 is 18.0 Å². The highest BCUT2D eigenvalue weighted by molar-refractivity contribution is 6.35. The van der Waals surface area contributed by atoms with Crippen LogP contribution in [0.5, 0.6) is 0 Å². The van der Waals surface area contributed by atoms with E-state index >= 15 is 0 Å². The van der Waals surface area contributed by atoms with E-state index in [0.29, 0.717) is 5.57 Å². The normalized spacial score (nSPS) is 23.3. The predicted octanol–water partition coefficient (Wildman–Crippen LogP) is 3.31. The maximum absolute atomic E-state index is 14.1. The van der Waals surface area contributed by atoms with Gasteiger partial charge in [0.15, 0.2) is 11.6 Å². The topological polar surface area (TPSA) is 120 Å². The van der Waals surface area contributed by atoms with Gasteiger partial charge in [-0.1, -0.05) is 6.07 Å². The number of nitrogens with two attached hydrogens (primary N) is 1. The van der Waals surface area contributed by atoms with Crippen molar-refractivity contribution in [2.24, 2.45) is 17.1 Å². The molecular weight excluding hydrogens is 525 g/mol. The molecule has 4 rings (SSSR count). The maximum Gasteiger partial charge on any atom is 0.403 e. The third-order valence-corrected chi connectivity index (χ3v) is 7.46. The number of carbonyl (C=O) groups is 3. The molecule has 1 heterocycles. The first-order chi connectivity index (χ1) is 18.3. The van der Waals surface area contributed by atoms with Crippen molar-refractivity contribution in [2.45, 2.75) is 50.9 Å². The lowest BCUT2D eigenvalue weighted by atomic mass is 9.96. The van der Waals surface area contributed by atoms with Gasteiger partial charge in [0.05, 0.1) is 11.7 Å². The van der Waals surface area contributed by atoms with Gasteiger partial charge in [0.1, 0.15) is 5.41 Å². The number of hydrogen-bond donors (Lipinski definition) is 3. The lowest BCUT2D eigenvalue weighted by Gasteiger charge is -2.46. The number of nitrogens with one attached hydrogen (secondary N) is 2. The summed E-state index contributed by atoms with van der Waals surface area (Å²) in [5, 5.41) is 9.90. The number of nitrogens with zero attached hydrogens (tertiary/aromatic N) is 2. The number of rotatable bonds is 6. The summed E-state index contributed by atoms with van der Waals surface area (Å²) in [6.45, 7) is 0.659. The highest BCUT2D eigenvalue weighted by Crippen LogP contribution is 2.59. The van der Waals surface area contributed by atoms with E-state index in [0.717, 1.165) is 53.3 Å². The van der Waals surface area contributed by atoms with E-state index in [1.54, 1.807) is 0 Å². The lowest BCUT2D eigenvalue weighted by Crippen LogP contribution is -2.61. The van der Waals surface area contributed by atoms with Gasteiger partial charge in [-0.05, 0) is 67.9 Å². The van der Waals surface area contributed by atoms with Gasteiger partial charge in [-0.3, -0.25) is 14.4 Å². The summed E-state index contributed by atoms with van der Waals surface area (Å²) in [7, 11) is 0. The number of allylic oxidation sites excluding steroid dienone is 2. The minimum absolute atomic E-state index is 0.00548. The first-order valence-electron chi connectivity index (χ1n) is 12.4. The van der Waals surface area contributed by atoms with Crippen LogP contribution in [0, 0.1) is 28.4 Å². The molecule has 0 unspecified atom stereocenters. The molecule has 1 aliphatic heterocycles. The number of alkyl halides is 3. The zero-order valence-electron chi connectivity index (χ0n) is 21.0. The molecule has 3 fully saturated rings. The molecule has 3 amide bonds. The van der Waals surface area contributed by atoms with Crippen LogP contribution in [-0.4, -0.2) is 59.0 Å². The summed E-state index contributed by atoms with van der Waals surface area (Å²) >= 11 is 0. The largest absolute Gasteiger partial charge is 0.403 e. The predicted molar refractivity (Wildman–Crippen MR) is 130 cm³/mol. The second-order valence-electron chi connectivity index (χ2n) is 10.2. The van der Waals surface area contributed by atoms with Crippen LogP contribution in [0.2, 0.25) is 0 Å². The molecule has 0 spiro atoms. The summed E-state index contributed by atoms with van der Waals surface area (Å²) < 4.78 is 68.8. The van der Waals surface area contributed by atoms with Gasteiger partial charge in [-0.15, -0.1) is 0 Å². The highest BCUT2D eigenvalue weighted by Gasteiger charge is 2.70. The highest BCUT2D eigenvalue weighted by atomic mass is 19.4. The monoisotopic (exact) mass is 553 g/mol. The molecule has 0 aromatic heterocycles. The fourth-order valence-electron chi connectivity index (χ4n) is 4.82. The van der Waals surface area contributed by atoms with Crippen LogP contribution < -0.4 is 11.1 Å². The summed E-state index contributed by atoms with van der Waals surface area (Å²) in [5.74, 6) is -5.66. The van der Waals surface area contributed by atoms with Crippen molar-refractivity contribution in [3.05, 3.63) is 58.9 Å². The molecule has 210 valence electrons. The van der Waals surface area contributed by atoms with Gasteiger partial charge in [0.2, 0.25) is 5.91 Å². The van der Waals surface area contributed by atoms with E-state index in [2.05, 4.69) is 5.32 Å². The third kappa shape index (κ3) is 5.52. The fraction of sp³-hybridized carbons (Fsp3) is 0.462. The summed E-state index contributed by atoms with van der Waals surface area (Å²) in [4.78, 5) is 41.3. The van der Waals surface area contributed by atoms with Gasteiger partial charge in [-0.25, -0.2) is 8.78 Å². The average molecular weight is 554 g/mol. The van der Waals surface area contributed by atoms with Crippen LogP contribution in [0.25, 0.3) is 0 Å². The van der Waals surface area contributed by atoms with E-state index in [1.165, 1.54) is 13.0 Å². The zero-order chi connectivity index (χ0) is 28.7. The van der Waals surface area contributed by atoms with Gasteiger partial charge < -0.3 is 26.3 Å². The van der Waals surface area contributed by atoms with Crippen molar-refractivity contribution in [2.75, 3.05) is 13.1 Å². The second kappa shape index (κ2) is 10.4. The Morgan fingerprint density at radius 3 is 2.28 bits per heavy atom. The van der Waals surface area contributed by atoms with Crippen LogP contribution in [0.1, 0.15) is 44.2 Å². The van der Waals surface area contributed by atoms with Crippen molar-refractivity contribution in [1.29, 1.82) is 5.41 Å². The van der Waals surface area contributed by atoms with Crippen LogP contribution >= 0.6 is 0 Å². The minimum Gasteiger partial charge on any atom is -0.403 e. The van der Waals surface area contributed by atoms with Gasteiger partial charge in [-0.2, -0.15) is 13.2 Å². The second-order valence-corrected chi connectivity index (χ2v) is 10.2. The first-order valence-corrected chi connectivity index (χ1v) is 12.4. The fourth-order valence-corrected chi connectivity index (χ4v) is 4.82. The number of halogens is 5. The van der Waals surface area contributed by atoms with Crippen molar-refractivity contribution >= 4 is 23.9 Å². The Kier molecular flexibility index (Phi) is 7.55. The van der Waals surface area contributed by atoms with E-state index in [9.17, 15) is 36.3 Å². The van der Waals surface area contributed by atoms with Crippen molar-refractivity contribution in [3.63, 3.8) is 0 Å². The van der Waals surface area contributed by atoms with Crippen LogP contribution in [0.4, 0.5) is 22.0 Å². The Morgan fingerprint density at radius 2 is 1.77 bits per heavy atom. The minimum atomic E-state index is -4.76. The van der Waals surface area contributed by atoms with Crippen LogP contribution in [-0.2, 0) is 14.4 Å². The van der Waals surface area contributed by atoms with Crippen molar-refractivity contribution in [1.82, 2.24) is 15.1 Å². The molecule has 2 saturated carbocycles. The number of hydrogen-bond acceptors (Lipinski definition) is 5. The Balaban J connectivity index is 1.61. The molecule has 8 nitrogen and oxygen atoms in total. The first kappa shape index (κ1) is 28.2. The molecular formula is C26H28F5N5O3. The number of benzene rings is 1. The molecule has 13 heteroatoms. The average Bonchev–Trinajstić information content (AvgIpc) is 3.80. The molecule has 39 heavy (non-hydrogen) atoms. The van der Waals surface area contributed by atoms with E-state index < -0.39 is 59.6 Å². The molecule has 3 aliphatic rings. The van der Waals surface area contributed by atoms with Gasteiger partial charge in [0, 0.05) is 31.5 Å². The lowest BCUT2D eigenvalue weighted by molar-refractivity contribution is -0.201. The molecule has 2 atom stereocenters. The summed E-state index contributed by atoms with van der Waals surface area (Å²) in [6, 6.07) is 0.600. The number of piperazine rings is 1. The molecule has 1 aromatic carbocycles. The molecule has 1 saturated heterocycles. The SMILES string of the molecule is C[C@@H]1CN(C(=O)C(=O)NC(/C=C(\C=N)C2CC2)=C/N)[C@@H](c2ccc(F)c(F)c2)CN1C(=O)C1(C(F)(F)F)CC1. The quantitative estimate of drug-likeness (QED) is 0.217. The van der Waals surface area contributed by atoms with Crippen LogP contribution in [0.15, 0.2) is 41.7 Å². The molecule has 2 aliphatic carbocycles. The van der Waals surface area contributed by atoms with Crippen molar-refractivity contribution < 1.29 is 36.3 Å². The molecule has 0 radical (unpaired) electrons. The van der Waals surface area contributed by atoms with E-state index in [1.807, 2.05) is 0 Å². The number of amides is 3. The zero-order valence-corrected chi connectivity index (χ0v) is 21.0. The van der Waals surface area contributed by atoms with Crippen molar-refractivity contribution in [3.8, 4) is 0 Å². The smallest absolute Gasteiger partial charge is 0.403 e. The summed E-state index contributed by atoms with van der Waals surface area (Å²) in [5.41, 5.74) is 3.76. The Labute approximate surface area is 221 Å². The Bertz CT molecular complexity index is 1250. The van der Waals surface area contributed by atoms with E-state index in [4.69, 9.17) is 11.1 Å². The standard InChI is InChI=1S/C26H28F5N5O3/c1-14-12-36(23(38)22(37)34-18(11-33)8-17(10-32)15-2-3-15)21(16-4-5-19(27)20(28)9-16)13-35(14)24(39)25(6-7-25)26(29,30)31/h4-5,8-11,14-15,21,32H,2-3,6-7,12-13,33H2,1H3,(H,34,37)/b17-8+,18-11+,32-10?/t14-,21-/m1/s1. The Hall–Kier alpha value is -3.77. The summed E-state index contributed by atoms with van der Waals surface area (Å²) in [6.07, 6.45) is -0.0954. The molecule has 4 N–H and O–H groups in total. The Morgan fingerprint density at radius 1 is 1.10 bits per heavy atom. The van der Waals surface area contributed by atoms with Crippen LogP contribution in [0.3, 0.4) is 0 Å². The van der Waals surface area contributed by atoms with Gasteiger partial charge in [0.25, 0.3) is 0 Å². The maximum atomic E-state index is 14.1. The molecule has 1 aromatic rings. The van der Waals surface area contributed by atoms with E-state index in [-0.39, 0.29) is 36.6 Å². The molecule has 0 bridgehead atoms. The number of carbonyl (C=O) groups excluding carboxylic acids is 3. The third-order valence-electron chi connectivity index (χ3n) is 7.46.